The van der Waals surface area contributed by atoms with Gasteiger partial charge in [-0.3, -0.25) is 0 Å². The average molecular weight is 334 g/mol. The third-order valence-electron chi connectivity index (χ3n) is 2.66. The first-order valence-electron chi connectivity index (χ1n) is 6.09. The Hall–Kier alpha value is -0.0900. The summed E-state index contributed by atoms with van der Waals surface area (Å²) in [6.07, 6.45) is 0. The van der Waals surface area contributed by atoms with Crippen molar-refractivity contribution in [1.29, 1.82) is 0 Å². The van der Waals surface area contributed by atoms with Gasteiger partial charge in [0.15, 0.2) is 0 Å². The van der Waals surface area contributed by atoms with Crippen LogP contribution in [0.1, 0.15) is 19.4 Å². The molecule has 2 nitrogen and oxygen atoms in total. The van der Waals surface area contributed by atoms with Gasteiger partial charge in [0, 0.05) is 24.1 Å². The molecule has 0 amide bonds. The molecule has 0 aliphatic heterocycles. The molecule has 0 aromatic heterocycles. The van der Waals surface area contributed by atoms with Gasteiger partial charge in [-0.1, -0.05) is 31.5 Å². The molecule has 0 bridgehead atoms. The summed E-state index contributed by atoms with van der Waals surface area (Å²) in [5, 5.41) is 4.26. The summed E-state index contributed by atoms with van der Waals surface area (Å²) in [5.41, 5.74) is 1.48. The summed E-state index contributed by atoms with van der Waals surface area (Å²) < 4.78 is 0.945. The number of nitrogens with zero attached hydrogens (tertiary/aromatic N) is 1. The first-order chi connectivity index (χ1) is 8.30. The van der Waals surface area contributed by atoms with Gasteiger partial charge in [-0.25, -0.2) is 0 Å². The molecular weight excluding hydrogens is 312 g/mol. The van der Waals surface area contributed by atoms with Crippen LogP contribution in [-0.4, -0.2) is 32.1 Å². The fourth-order valence-electron chi connectivity index (χ4n) is 2.11. The smallest absolute Gasteiger partial charge is 0.0551 e. The number of nitrogens with one attached hydrogen (secondary N) is 1. The van der Waals surface area contributed by atoms with Crippen LogP contribution in [0.4, 0.5) is 0 Å². The van der Waals surface area contributed by atoms with Gasteiger partial charge >= 0.3 is 0 Å². The van der Waals surface area contributed by atoms with Crippen molar-refractivity contribution >= 4 is 27.5 Å². The number of halogens is 2. The number of rotatable bonds is 6. The Morgan fingerprint density at radius 2 is 2.00 bits per heavy atom. The first-order valence-corrected chi connectivity index (χ1v) is 7.27. The minimum atomic E-state index is 0.267. The zero-order valence-corrected chi connectivity index (χ0v) is 13.9. The molecule has 1 N–H and O–H groups in total. The predicted molar refractivity (Wildman–Crippen MR) is 83.2 cm³/mol. The van der Waals surface area contributed by atoms with E-state index in [1.807, 2.05) is 12.1 Å². The maximum Gasteiger partial charge on any atom is 0.0551 e. The topological polar surface area (TPSA) is 15.3 Å². The van der Waals surface area contributed by atoms with Gasteiger partial charge in [0.05, 0.1) is 5.02 Å². The molecule has 0 spiro atoms. The monoisotopic (exact) mass is 332 g/mol. The van der Waals surface area contributed by atoms with Crippen molar-refractivity contribution in [2.75, 3.05) is 27.2 Å². The molecular formula is C14H22BrClN2. The van der Waals surface area contributed by atoms with Crippen LogP contribution in [0, 0.1) is 5.41 Å². The van der Waals surface area contributed by atoms with Crippen molar-refractivity contribution < 1.29 is 0 Å². The summed E-state index contributed by atoms with van der Waals surface area (Å²) in [6, 6.07) is 6.07. The maximum atomic E-state index is 6.07. The Morgan fingerprint density at radius 3 is 2.56 bits per heavy atom. The quantitative estimate of drug-likeness (QED) is 0.852. The van der Waals surface area contributed by atoms with Crippen molar-refractivity contribution in [3.8, 4) is 0 Å². The highest BCUT2D eigenvalue weighted by atomic mass is 79.9. The van der Waals surface area contributed by atoms with E-state index in [1.165, 1.54) is 5.56 Å². The van der Waals surface area contributed by atoms with Gasteiger partial charge in [-0.15, -0.1) is 0 Å². The van der Waals surface area contributed by atoms with E-state index in [4.69, 9.17) is 11.6 Å². The van der Waals surface area contributed by atoms with Crippen LogP contribution < -0.4 is 5.32 Å². The van der Waals surface area contributed by atoms with Crippen LogP contribution in [0.3, 0.4) is 0 Å². The van der Waals surface area contributed by atoms with Crippen LogP contribution in [-0.2, 0) is 6.54 Å². The average Bonchev–Trinajstić information content (AvgIpc) is 2.21. The normalized spacial score (nSPS) is 12.2. The van der Waals surface area contributed by atoms with Gasteiger partial charge in [-0.05, 0) is 53.1 Å². The van der Waals surface area contributed by atoms with Gasteiger partial charge in [0.2, 0.25) is 0 Å². The van der Waals surface area contributed by atoms with E-state index in [1.54, 1.807) is 0 Å². The minimum Gasteiger partial charge on any atom is -0.312 e. The summed E-state index contributed by atoms with van der Waals surface area (Å²) in [7, 11) is 4.21. The third-order valence-corrected chi connectivity index (χ3v) is 3.89. The molecule has 18 heavy (non-hydrogen) atoms. The number of hydrogen-bond acceptors (Lipinski definition) is 2. The lowest BCUT2D eigenvalue weighted by atomic mass is 9.93. The molecule has 1 aromatic rings. The summed E-state index contributed by atoms with van der Waals surface area (Å²) in [5.74, 6) is 0. The Kier molecular flexibility index (Phi) is 6.12. The van der Waals surface area contributed by atoms with Gasteiger partial charge in [-0.2, -0.15) is 0 Å². The molecule has 1 rings (SSSR count). The Labute approximate surface area is 124 Å². The molecule has 0 fully saturated rings. The van der Waals surface area contributed by atoms with Crippen LogP contribution >= 0.6 is 27.5 Å². The molecule has 0 heterocycles. The first kappa shape index (κ1) is 16.0. The number of hydrogen-bond donors (Lipinski definition) is 1. The molecule has 0 saturated carbocycles. The van der Waals surface area contributed by atoms with Gasteiger partial charge < -0.3 is 10.2 Å². The van der Waals surface area contributed by atoms with Crippen molar-refractivity contribution in [2.24, 2.45) is 5.41 Å². The van der Waals surface area contributed by atoms with Crippen LogP contribution in [0.25, 0.3) is 0 Å². The fraction of sp³-hybridized carbons (Fsp3) is 0.571. The van der Waals surface area contributed by atoms with E-state index >= 15 is 0 Å². The van der Waals surface area contributed by atoms with Crippen LogP contribution in [0.5, 0.6) is 0 Å². The van der Waals surface area contributed by atoms with Gasteiger partial charge in [0.1, 0.15) is 0 Å². The molecule has 0 aliphatic rings. The summed E-state index contributed by atoms with van der Waals surface area (Å²) in [4.78, 5) is 2.22. The lowest BCUT2D eigenvalue weighted by Crippen LogP contribution is -2.37. The highest BCUT2D eigenvalue weighted by Crippen LogP contribution is 2.23. The largest absolute Gasteiger partial charge is 0.312 e. The zero-order valence-electron chi connectivity index (χ0n) is 11.6. The van der Waals surface area contributed by atoms with Crippen molar-refractivity contribution in [3.63, 3.8) is 0 Å². The lowest BCUT2D eigenvalue weighted by Gasteiger charge is -2.28. The van der Waals surface area contributed by atoms with E-state index < -0.39 is 0 Å². The van der Waals surface area contributed by atoms with Crippen molar-refractivity contribution in [3.05, 3.63) is 33.3 Å². The van der Waals surface area contributed by atoms with Crippen LogP contribution in [0.2, 0.25) is 5.02 Å². The second-order valence-corrected chi connectivity index (χ2v) is 7.02. The standard InChI is InChI=1S/C14H22BrClN2/c1-14(2,10-18(3)4)9-17-8-11-5-6-12(15)13(16)7-11/h5-7,17H,8-10H2,1-4H3. The zero-order chi connectivity index (χ0) is 13.8. The SMILES string of the molecule is CN(C)CC(C)(C)CNCc1ccc(Br)c(Cl)c1. The van der Waals surface area contributed by atoms with Crippen molar-refractivity contribution in [1.82, 2.24) is 10.2 Å². The molecule has 102 valence electrons. The fourth-order valence-corrected chi connectivity index (χ4v) is 2.56. The predicted octanol–water partition coefficient (Wildman–Crippen LogP) is 3.78. The highest BCUT2D eigenvalue weighted by molar-refractivity contribution is 9.10. The molecule has 0 unspecified atom stereocenters. The molecule has 1 aromatic carbocycles. The lowest BCUT2D eigenvalue weighted by molar-refractivity contribution is 0.232. The molecule has 0 aliphatic carbocycles. The third kappa shape index (κ3) is 5.70. The molecule has 0 atom stereocenters. The minimum absolute atomic E-state index is 0.267. The Bertz CT molecular complexity index is 391. The molecule has 4 heteroatoms. The summed E-state index contributed by atoms with van der Waals surface area (Å²) in [6.45, 7) is 7.45. The summed E-state index contributed by atoms with van der Waals surface area (Å²) >= 11 is 9.47. The van der Waals surface area contributed by atoms with E-state index in [2.05, 4.69) is 60.2 Å². The number of benzene rings is 1. The van der Waals surface area contributed by atoms with Crippen LogP contribution in [0.15, 0.2) is 22.7 Å². The van der Waals surface area contributed by atoms with Crippen molar-refractivity contribution in [2.45, 2.75) is 20.4 Å². The highest BCUT2D eigenvalue weighted by Gasteiger charge is 2.18. The Balaban J connectivity index is 2.43. The second kappa shape index (κ2) is 6.90. The maximum absolute atomic E-state index is 6.07. The van der Waals surface area contributed by atoms with E-state index in [0.717, 1.165) is 29.1 Å². The van der Waals surface area contributed by atoms with E-state index in [0.29, 0.717) is 0 Å². The van der Waals surface area contributed by atoms with E-state index in [9.17, 15) is 0 Å². The van der Waals surface area contributed by atoms with Gasteiger partial charge in [0.25, 0.3) is 0 Å². The molecule has 0 saturated heterocycles. The second-order valence-electron chi connectivity index (χ2n) is 5.75. The Morgan fingerprint density at radius 1 is 1.33 bits per heavy atom. The van der Waals surface area contributed by atoms with E-state index in [-0.39, 0.29) is 5.41 Å². The molecule has 0 radical (unpaired) electrons.